The van der Waals surface area contributed by atoms with Gasteiger partial charge in [0.25, 0.3) is 0 Å². The van der Waals surface area contributed by atoms with E-state index in [4.69, 9.17) is 13.6 Å². The normalized spacial score (nSPS) is 11.2. The lowest BCUT2D eigenvalue weighted by molar-refractivity contribution is -0.696. The standard InChI is InChI=1S/C24H20B.C12H27O4P.C8H15N2/c1-5-13-21(14-6-1)25(22-15-7-2-8-16-22,23-17-9-3-10-18-23)24-19-11-4-12-20-24;1-4-7-10-14-17(13,15-11-8-5-2)16-12-9-6-3;1-3-4-5-10-7-6-9(2)8-10/h1-20H;4-12H2,1-3H3;6-8H,3-5H2,1-2H3/q-1;;+1. The summed E-state index contributed by atoms with van der Waals surface area (Å²) < 4.78 is 32.3. The summed E-state index contributed by atoms with van der Waals surface area (Å²) in [5.41, 5.74) is 5.36. The molecular formula is C44H62BN2O4P. The SMILES string of the molecule is CCCCOP(=O)(OCCCC)OCCCC.CCCC[n+]1ccn(C)c1.c1ccc([B-](c2ccccc2)(c2ccccc2)c2ccccc2)cc1. The molecule has 4 aromatic carbocycles. The second-order valence-corrected chi connectivity index (χ2v) is 14.9. The van der Waals surface area contributed by atoms with Gasteiger partial charge in [0, 0.05) is 0 Å². The minimum atomic E-state index is -3.31. The molecule has 0 fully saturated rings. The zero-order chi connectivity index (χ0) is 37.3. The molecule has 0 atom stereocenters. The molecule has 1 aromatic heterocycles. The Kier molecular flexibility index (Phi) is 20.1. The monoisotopic (exact) mass is 724 g/mol. The van der Waals surface area contributed by atoms with E-state index in [1.807, 2.05) is 7.05 Å². The van der Waals surface area contributed by atoms with Crippen molar-refractivity contribution in [3.63, 3.8) is 0 Å². The molecule has 0 aliphatic heterocycles. The molecule has 280 valence electrons. The van der Waals surface area contributed by atoms with E-state index in [2.05, 4.69) is 177 Å². The average Bonchev–Trinajstić information content (AvgIpc) is 3.61. The van der Waals surface area contributed by atoms with Gasteiger partial charge in [-0.05, 0) is 25.7 Å². The van der Waals surface area contributed by atoms with Gasteiger partial charge in [0.2, 0.25) is 6.33 Å². The van der Waals surface area contributed by atoms with Crippen LogP contribution in [0, 0.1) is 0 Å². The number of hydrogen-bond donors (Lipinski definition) is 0. The van der Waals surface area contributed by atoms with Gasteiger partial charge in [-0.2, -0.15) is 21.9 Å². The predicted molar refractivity (Wildman–Crippen MR) is 221 cm³/mol. The van der Waals surface area contributed by atoms with Crippen LogP contribution in [-0.2, 0) is 31.7 Å². The number of phosphoric ester groups is 1. The van der Waals surface area contributed by atoms with Gasteiger partial charge >= 0.3 is 7.82 Å². The minimum Gasteiger partial charge on any atom is -0.287 e. The van der Waals surface area contributed by atoms with Crippen LogP contribution in [0.1, 0.15) is 79.1 Å². The Morgan fingerprint density at radius 3 is 1.13 bits per heavy atom. The highest BCUT2D eigenvalue weighted by molar-refractivity contribution is 7.48. The summed E-state index contributed by atoms with van der Waals surface area (Å²) in [6.45, 7) is 10.9. The van der Waals surface area contributed by atoms with E-state index < -0.39 is 14.0 Å². The second-order valence-electron chi connectivity index (χ2n) is 13.2. The number of unbranched alkanes of at least 4 members (excludes halogenated alkanes) is 4. The highest BCUT2D eigenvalue weighted by atomic mass is 31.2. The molecule has 0 spiro atoms. The van der Waals surface area contributed by atoms with E-state index in [1.54, 1.807) is 0 Å². The second kappa shape index (κ2) is 24.5. The van der Waals surface area contributed by atoms with Crippen molar-refractivity contribution in [1.29, 1.82) is 0 Å². The number of aromatic nitrogens is 2. The maximum Gasteiger partial charge on any atom is 0.474 e. The molecule has 0 radical (unpaired) electrons. The zero-order valence-corrected chi connectivity index (χ0v) is 33.2. The lowest BCUT2D eigenvalue weighted by Crippen LogP contribution is -2.74. The van der Waals surface area contributed by atoms with Crippen molar-refractivity contribution in [2.75, 3.05) is 19.8 Å². The van der Waals surface area contributed by atoms with Gasteiger partial charge in [0.1, 0.15) is 18.5 Å². The Hall–Kier alpha value is -3.74. The molecule has 0 amide bonds. The van der Waals surface area contributed by atoms with Crippen LogP contribution >= 0.6 is 7.82 Å². The summed E-state index contributed by atoms with van der Waals surface area (Å²) in [7, 11) is -1.26. The highest BCUT2D eigenvalue weighted by Gasteiger charge is 2.31. The van der Waals surface area contributed by atoms with Crippen molar-refractivity contribution in [1.82, 2.24) is 4.57 Å². The molecule has 52 heavy (non-hydrogen) atoms. The fourth-order valence-electron chi connectivity index (χ4n) is 6.17. The van der Waals surface area contributed by atoms with E-state index in [0.717, 1.165) is 45.1 Å². The van der Waals surface area contributed by atoms with Gasteiger partial charge in [0.05, 0.1) is 33.4 Å². The maximum atomic E-state index is 12.2. The molecule has 0 N–H and O–H groups in total. The third-order valence-corrected chi connectivity index (χ3v) is 10.5. The van der Waals surface area contributed by atoms with Crippen LogP contribution in [0.5, 0.6) is 0 Å². The Balaban J connectivity index is 0.000000234. The van der Waals surface area contributed by atoms with Gasteiger partial charge in [-0.25, -0.2) is 13.7 Å². The summed E-state index contributed by atoms with van der Waals surface area (Å²) in [6.07, 6.45) is 13.2. The number of nitrogens with zero attached hydrogens (tertiary/aromatic N) is 2. The minimum absolute atomic E-state index is 0.437. The maximum absolute atomic E-state index is 12.2. The molecule has 0 aliphatic rings. The quantitative estimate of drug-likeness (QED) is 0.0370. The van der Waals surface area contributed by atoms with Crippen LogP contribution in [-0.4, -0.2) is 30.5 Å². The van der Waals surface area contributed by atoms with Crippen LogP contribution in [0.2, 0.25) is 0 Å². The molecule has 0 saturated carbocycles. The largest absolute Gasteiger partial charge is 0.474 e. The Morgan fingerprint density at radius 2 is 0.865 bits per heavy atom. The van der Waals surface area contributed by atoms with E-state index in [1.165, 1.54) is 34.7 Å². The first-order chi connectivity index (χ1) is 25.4. The van der Waals surface area contributed by atoms with E-state index in [0.29, 0.717) is 19.8 Å². The summed E-state index contributed by atoms with van der Waals surface area (Å²) in [5.74, 6) is 0. The molecule has 0 unspecified atom stereocenters. The van der Waals surface area contributed by atoms with Crippen molar-refractivity contribution in [3.8, 4) is 0 Å². The summed E-state index contributed by atoms with van der Waals surface area (Å²) >= 11 is 0. The van der Waals surface area contributed by atoms with Crippen molar-refractivity contribution in [3.05, 3.63) is 140 Å². The molecule has 0 bridgehead atoms. The first-order valence-corrected chi connectivity index (χ1v) is 20.8. The molecule has 5 aromatic rings. The molecule has 5 rings (SSSR count). The topological polar surface area (TPSA) is 53.6 Å². The molecule has 6 nitrogen and oxygen atoms in total. The van der Waals surface area contributed by atoms with Crippen LogP contribution in [0.4, 0.5) is 0 Å². The van der Waals surface area contributed by atoms with E-state index in [-0.39, 0.29) is 0 Å². The molecular weight excluding hydrogens is 662 g/mol. The van der Waals surface area contributed by atoms with Crippen LogP contribution in [0.3, 0.4) is 0 Å². The van der Waals surface area contributed by atoms with Crippen molar-refractivity contribution < 1.29 is 22.7 Å². The lowest BCUT2D eigenvalue weighted by Gasteiger charge is -2.44. The van der Waals surface area contributed by atoms with Crippen LogP contribution < -0.4 is 26.4 Å². The van der Waals surface area contributed by atoms with E-state index >= 15 is 0 Å². The number of benzene rings is 4. The van der Waals surface area contributed by atoms with Gasteiger partial charge in [-0.3, -0.25) is 13.6 Å². The third kappa shape index (κ3) is 13.7. The highest BCUT2D eigenvalue weighted by Crippen LogP contribution is 2.49. The van der Waals surface area contributed by atoms with Gasteiger partial charge in [0.15, 0.2) is 0 Å². The molecule has 0 saturated heterocycles. The summed E-state index contributed by atoms with van der Waals surface area (Å²) in [4.78, 5) is 0. The lowest BCUT2D eigenvalue weighted by atomic mass is 9.13. The fraction of sp³-hybridized carbons (Fsp3) is 0.386. The van der Waals surface area contributed by atoms with Crippen molar-refractivity contribution in [2.24, 2.45) is 7.05 Å². The van der Waals surface area contributed by atoms with E-state index in [9.17, 15) is 4.57 Å². The van der Waals surface area contributed by atoms with Crippen LogP contribution in [0.15, 0.2) is 140 Å². The predicted octanol–water partition coefficient (Wildman–Crippen LogP) is 8.72. The first-order valence-electron chi connectivity index (χ1n) is 19.4. The Bertz CT molecular complexity index is 1460. The van der Waals surface area contributed by atoms with Crippen molar-refractivity contribution >= 4 is 35.8 Å². The Labute approximate surface area is 314 Å². The van der Waals surface area contributed by atoms with Gasteiger partial charge in [-0.1, -0.05) is 175 Å². The molecule has 1 heterocycles. The number of imidazole rings is 1. The smallest absolute Gasteiger partial charge is 0.287 e. The summed E-state index contributed by atoms with van der Waals surface area (Å²) in [6, 6.07) is 43.5. The van der Waals surface area contributed by atoms with Crippen molar-refractivity contribution in [2.45, 2.75) is 85.6 Å². The number of aryl methyl sites for hydroxylation is 2. The van der Waals surface area contributed by atoms with Gasteiger partial charge in [-0.15, -0.1) is 0 Å². The average molecular weight is 725 g/mol. The molecule has 8 heteroatoms. The summed E-state index contributed by atoms with van der Waals surface area (Å²) in [5, 5.41) is 0. The molecule has 0 aliphatic carbocycles. The fourth-order valence-corrected chi connectivity index (χ4v) is 7.45. The third-order valence-electron chi connectivity index (χ3n) is 9.03. The first kappa shape index (κ1) is 42.7. The number of phosphoric acid groups is 1. The Morgan fingerprint density at radius 1 is 0.538 bits per heavy atom. The zero-order valence-electron chi connectivity index (χ0n) is 32.3. The van der Waals surface area contributed by atoms with Crippen LogP contribution in [0.25, 0.3) is 0 Å². The number of hydrogen-bond acceptors (Lipinski definition) is 4. The number of rotatable bonds is 19. The van der Waals surface area contributed by atoms with Gasteiger partial charge < -0.3 is 0 Å².